The molecule has 0 aromatic rings. The van der Waals surface area contributed by atoms with E-state index in [4.69, 9.17) is 36.7 Å². The van der Waals surface area contributed by atoms with Gasteiger partial charge in [0.05, 0.1) is 24.0 Å². The van der Waals surface area contributed by atoms with Gasteiger partial charge in [-0.3, -0.25) is 9.59 Å². The van der Waals surface area contributed by atoms with E-state index in [9.17, 15) is 9.59 Å². The average molecular weight is 1780 g/mol. The number of likely N-dealkylation sites (tertiary alicyclic amines) is 2. The molecular formula is C110H214N2O10Si2. The topological polar surface area (TPSA) is 114 Å². The van der Waals surface area contributed by atoms with Crippen LogP contribution in [0, 0.1) is 10.8 Å². The number of unbranched alkanes of at least 4 members (excludes halogenated alkanes) is 54. The quantitative estimate of drug-likeness (QED) is 0.0190. The first-order chi connectivity index (χ1) is 60.4. The lowest BCUT2D eigenvalue weighted by Crippen LogP contribution is -2.43. The Bertz CT molecular complexity index is 2210. The first-order valence-electron chi connectivity index (χ1n) is 54.7. The summed E-state index contributed by atoms with van der Waals surface area (Å²) in [5.41, 5.74) is -1.40. The maximum absolute atomic E-state index is 13.4. The number of rotatable bonds is 92. The van der Waals surface area contributed by atoms with Gasteiger partial charge in [-0.2, -0.15) is 0 Å². The molecule has 0 spiro atoms. The van der Waals surface area contributed by atoms with E-state index in [1.165, 1.54) is 425 Å². The number of carbonyl (C=O) groups is 2. The normalized spacial score (nSPS) is 14.7. The molecule has 2 unspecified atom stereocenters. The summed E-state index contributed by atoms with van der Waals surface area (Å²) in [5.74, 6) is -0.297. The Morgan fingerprint density at radius 3 is 0.710 bits per heavy atom. The molecule has 2 rings (SSSR count). The third kappa shape index (κ3) is 82.0. The average Bonchev–Trinajstić information content (AvgIpc) is 0.853. The van der Waals surface area contributed by atoms with E-state index in [-0.39, 0.29) is 11.9 Å². The van der Waals surface area contributed by atoms with Crippen molar-refractivity contribution in [2.45, 2.75) is 556 Å². The number of ether oxygens (including phenoxy) is 4. The second-order valence-electron chi connectivity index (χ2n) is 40.2. The van der Waals surface area contributed by atoms with Crippen LogP contribution in [0.2, 0.25) is 26.2 Å². The highest BCUT2D eigenvalue weighted by Crippen LogP contribution is 2.32. The first-order valence-corrected chi connectivity index (χ1v) is 60.3. The van der Waals surface area contributed by atoms with E-state index in [1.807, 2.05) is 27.7 Å². The minimum absolute atomic E-state index is 0.148. The highest BCUT2D eigenvalue weighted by Gasteiger charge is 2.39. The van der Waals surface area contributed by atoms with Crippen LogP contribution in [0.1, 0.15) is 518 Å². The monoisotopic (exact) mass is 1780 g/mol. The van der Waals surface area contributed by atoms with Crippen LogP contribution in [0.25, 0.3) is 0 Å². The molecule has 2 aliphatic heterocycles. The molecule has 0 aromatic heterocycles. The zero-order valence-electron chi connectivity index (χ0n) is 85.1. The van der Waals surface area contributed by atoms with Crippen LogP contribution in [0.3, 0.4) is 0 Å². The van der Waals surface area contributed by atoms with Crippen LogP contribution in [0.15, 0.2) is 48.6 Å². The van der Waals surface area contributed by atoms with Crippen LogP contribution < -0.4 is 0 Å². The van der Waals surface area contributed by atoms with Crippen molar-refractivity contribution in [1.82, 2.24) is 9.80 Å². The van der Waals surface area contributed by atoms with Crippen LogP contribution in [0.5, 0.6) is 0 Å². The summed E-state index contributed by atoms with van der Waals surface area (Å²) in [4.78, 5) is 32.1. The maximum Gasteiger partial charge on any atom is 0.333 e. The third-order valence-corrected chi connectivity index (χ3v) is 29.0. The van der Waals surface area contributed by atoms with Crippen molar-refractivity contribution in [2.24, 2.45) is 10.8 Å². The summed E-state index contributed by atoms with van der Waals surface area (Å²) in [6, 6.07) is 0. The predicted octanol–water partition coefficient (Wildman–Crippen LogP) is 34.3. The molecule has 2 fully saturated rings. The van der Waals surface area contributed by atoms with Gasteiger partial charge in [-0.05, 0) is 273 Å². The van der Waals surface area contributed by atoms with Crippen LogP contribution in [0.4, 0.5) is 0 Å². The van der Waals surface area contributed by atoms with Gasteiger partial charge in [-0.15, -0.1) is 0 Å². The van der Waals surface area contributed by atoms with Gasteiger partial charge in [0.25, 0.3) is 0 Å². The fraction of sp³-hybridized carbons (Fsp3) is 0.909. The number of esters is 2. The van der Waals surface area contributed by atoms with E-state index < -0.39 is 40.5 Å². The number of piperidine rings is 2. The van der Waals surface area contributed by atoms with Gasteiger partial charge in [0.2, 0.25) is 0 Å². The summed E-state index contributed by atoms with van der Waals surface area (Å²) in [6.07, 6.45) is 109. The Kier molecular flexibility index (Phi) is 86.1. The number of allylic oxidation sites excluding steroid dienone is 8. The minimum Gasteiger partial charge on any atom is -0.465 e. The molecule has 124 heavy (non-hydrogen) atoms. The second-order valence-corrected chi connectivity index (χ2v) is 46.8. The van der Waals surface area contributed by atoms with Crippen molar-refractivity contribution in [2.75, 3.05) is 78.9 Å². The molecular weight excluding hydrogens is 1570 g/mol. The van der Waals surface area contributed by atoms with E-state index in [2.05, 4.69) is 112 Å². The van der Waals surface area contributed by atoms with Gasteiger partial charge in [0.1, 0.15) is 0 Å². The molecule has 0 aliphatic carbocycles. The highest BCUT2D eigenvalue weighted by atomic mass is 28.4. The van der Waals surface area contributed by atoms with Gasteiger partial charge < -0.3 is 46.5 Å². The Morgan fingerprint density at radius 1 is 0.266 bits per heavy atom. The molecule has 12 nitrogen and oxygen atoms in total. The largest absolute Gasteiger partial charge is 0.465 e. The van der Waals surface area contributed by atoms with Crippen molar-refractivity contribution in [3.05, 3.63) is 48.6 Å². The summed E-state index contributed by atoms with van der Waals surface area (Å²) >= 11 is 0. The van der Waals surface area contributed by atoms with E-state index >= 15 is 0 Å². The van der Waals surface area contributed by atoms with Crippen LogP contribution >= 0.6 is 0 Å². The Morgan fingerprint density at radius 2 is 0.468 bits per heavy atom. The molecule has 0 bridgehead atoms. The lowest BCUT2D eigenvalue weighted by atomic mass is 9.89. The zero-order chi connectivity index (χ0) is 90.2. The van der Waals surface area contributed by atoms with Crippen molar-refractivity contribution in [3.63, 3.8) is 0 Å². The summed E-state index contributed by atoms with van der Waals surface area (Å²) in [5, 5.41) is 0. The lowest BCUT2D eigenvalue weighted by Gasteiger charge is -2.33. The molecule has 2 atom stereocenters. The molecule has 0 saturated carbocycles. The summed E-state index contributed by atoms with van der Waals surface area (Å²) in [7, 11) is -4.94. The Balaban J connectivity index is 0.00000124. The van der Waals surface area contributed by atoms with Crippen molar-refractivity contribution < 1.29 is 46.2 Å². The van der Waals surface area contributed by atoms with Crippen LogP contribution in [-0.2, 0) is 46.2 Å². The summed E-state index contributed by atoms with van der Waals surface area (Å²) < 4.78 is 50.8. The SMILES string of the molecule is CCCCCCCC/C=C\CCCCCCCCOC(=O)C(C)(C)CC(OCCCCCCCC/C=C\CCCCCCCC)O[Si](C)(C)OCCCCCCN1CCCCC1.CCCCCCCC/C=C\CCCCCCCCOC(=O)C(C)(C)CC(OCCCCCCCC/C=C\CCCCCCCC)O[Si](C)(C)OCCCCCCN1CCCCC1. The molecule has 2 saturated heterocycles. The number of carbonyl (C=O) groups excluding carboxylic acids is 2. The maximum atomic E-state index is 13.4. The first kappa shape index (κ1) is 120. The molecule has 732 valence electrons. The molecule has 0 N–H and O–H groups in total. The molecule has 2 aliphatic rings. The predicted molar refractivity (Wildman–Crippen MR) is 543 cm³/mol. The number of hydrogen-bond donors (Lipinski definition) is 0. The van der Waals surface area contributed by atoms with Crippen LogP contribution in [-0.4, -0.2) is 130 Å². The van der Waals surface area contributed by atoms with Crippen molar-refractivity contribution in [3.8, 4) is 0 Å². The third-order valence-electron chi connectivity index (χ3n) is 25.5. The highest BCUT2D eigenvalue weighted by molar-refractivity contribution is 6.64. The molecule has 0 radical (unpaired) electrons. The van der Waals surface area contributed by atoms with Gasteiger partial charge in [-0.25, -0.2) is 0 Å². The lowest BCUT2D eigenvalue weighted by molar-refractivity contribution is -0.165. The Hall–Kier alpha value is -1.99. The molecule has 0 amide bonds. The summed E-state index contributed by atoms with van der Waals surface area (Å²) in [6.45, 7) is 37.0. The molecule has 0 aromatic carbocycles. The minimum atomic E-state index is -2.47. The zero-order valence-corrected chi connectivity index (χ0v) is 87.1. The van der Waals surface area contributed by atoms with E-state index in [0.717, 1.165) is 77.4 Å². The fourth-order valence-corrected chi connectivity index (χ4v) is 20.1. The van der Waals surface area contributed by atoms with E-state index in [0.29, 0.717) is 39.3 Å². The molecule has 14 heteroatoms. The van der Waals surface area contributed by atoms with E-state index in [1.54, 1.807) is 0 Å². The van der Waals surface area contributed by atoms with Gasteiger partial charge in [-0.1, -0.05) is 346 Å². The molecule has 2 heterocycles. The fourth-order valence-electron chi connectivity index (χ4n) is 17.1. The Labute approximate surface area is 775 Å². The van der Waals surface area contributed by atoms with Crippen molar-refractivity contribution in [1.29, 1.82) is 0 Å². The van der Waals surface area contributed by atoms with Crippen molar-refractivity contribution >= 4 is 29.1 Å². The van der Waals surface area contributed by atoms with Gasteiger partial charge in [0.15, 0.2) is 12.6 Å². The number of hydrogen-bond acceptors (Lipinski definition) is 12. The smallest absolute Gasteiger partial charge is 0.333 e. The van der Waals surface area contributed by atoms with Gasteiger partial charge >= 0.3 is 29.1 Å². The second kappa shape index (κ2) is 88.9. The number of nitrogens with zero attached hydrogens (tertiary/aromatic N) is 2. The standard InChI is InChI=1S/2C55H107NO5Si/c2*1-7-9-11-13-15-17-19-21-23-25-27-29-31-33-36-43-49-58-53(61-62(5,6)60-51-45-38-35-40-46-56-47-41-39-42-48-56)52-55(3,4)54(57)59-50-44-37-34-32-30-28-26-24-22-20-18-16-14-12-10-8-2/h2*21-24,53H,7-20,25-52H2,1-6H3/b2*23-21-,24-22-. The van der Waals surface area contributed by atoms with Gasteiger partial charge in [0, 0.05) is 39.3 Å².